The minimum absolute atomic E-state index is 0.243. The van der Waals surface area contributed by atoms with Crippen molar-refractivity contribution < 1.29 is 14.7 Å². The second kappa shape index (κ2) is 6.58. The van der Waals surface area contributed by atoms with Gasteiger partial charge in [0.1, 0.15) is 6.54 Å². The molecular weight excluding hydrogens is 270 g/mol. The molecule has 1 aromatic rings. The SMILES string of the molecule is CN(C)C1CCN(C(=O)N(CC(=O)O)c2ccccc2)C1. The summed E-state index contributed by atoms with van der Waals surface area (Å²) in [6, 6.07) is 9.02. The molecule has 2 rings (SSSR count). The third-order valence-corrected chi connectivity index (χ3v) is 3.76. The van der Waals surface area contributed by atoms with E-state index in [4.69, 9.17) is 5.11 Å². The molecule has 0 radical (unpaired) electrons. The first kappa shape index (κ1) is 15.3. The fourth-order valence-corrected chi connectivity index (χ4v) is 2.52. The summed E-state index contributed by atoms with van der Waals surface area (Å²) in [5.74, 6) is -1.02. The van der Waals surface area contributed by atoms with Gasteiger partial charge in [-0.05, 0) is 32.6 Å². The topological polar surface area (TPSA) is 64.1 Å². The van der Waals surface area contributed by atoms with Gasteiger partial charge in [0.25, 0.3) is 0 Å². The number of benzene rings is 1. The van der Waals surface area contributed by atoms with Crippen LogP contribution in [0.2, 0.25) is 0 Å². The summed E-state index contributed by atoms with van der Waals surface area (Å²) >= 11 is 0. The maximum Gasteiger partial charge on any atom is 0.325 e. The Morgan fingerprint density at radius 3 is 2.48 bits per heavy atom. The summed E-state index contributed by atoms with van der Waals surface area (Å²) in [7, 11) is 3.98. The first-order valence-electron chi connectivity index (χ1n) is 6.98. The van der Waals surface area contributed by atoms with Gasteiger partial charge in [-0.25, -0.2) is 4.79 Å². The zero-order valence-corrected chi connectivity index (χ0v) is 12.4. The third-order valence-electron chi connectivity index (χ3n) is 3.76. The van der Waals surface area contributed by atoms with E-state index >= 15 is 0 Å². The number of para-hydroxylation sites is 1. The summed E-state index contributed by atoms with van der Waals surface area (Å²) in [6.45, 7) is 0.964. The van der Waals surface area contributed by atoms with E-state index in [1.807, 2.05) is 20.2 Å². The predicted molar refractivity (Wildman–Crippen MR) is 80.5 cm³/mol. The molecule has 1 fully saturated rings. The lowest BCUT2D eigenvalue weighted by atomic mass is 10.2. The number of carboxylic acids is 1. The molecule has 0 saturated carbocycles. The fraction of sp³-hybridized carbons (Fsp3) is 0.467. The number of hydrogen-bond donors (Lipinski definition) is 1. The third kappa shape index (κ3) is 3.72. The molecule has 1 N–H and O–H groups in total. The second-order valence-electron chi connectivity index (χ2n) is 5.45. The van der Waals surface area contributed by atoms with Crippen LogP contribution in [-0.4, -0.2) is 66.7 Å². The van der Waals surface area contributed by atoms with E-state index in [1.54, 1.807) is 29.2 Å². The van der Waals surface area contributed by atoms with Gasteiger partial charge in [-0.1, -0.05) is 18.2 Å². The van der Waals surface area contributed by atoms with E-state index < -0.39 is 5.97 Å². The number of urea groups is 1. The van der Waals surface area contributed by atoms with Crippen LogP contribution in [0, 0.1) is 0 Å². The highest BCUT2D eigenvalue weighted by molar-refractivity contribution is 5.96. The molecule has 6 nitrogen and oxygen atoms in total. The van der Waals surface area contributed by atoms with E-state index in [0.717, 1.165) is 6.42 Å². The van der Waals surface area contributed by atoms with Gasteiger partial charge in [-0.2, -0.15) is 0 Å². The van der Waals surface area contributed by atoms with Crippen LogP contribution >= 0.6 is 0 Å². The largest absolute Gasteiger partial charge is 0.480 e. The Hall–Kier alpha value is -2.08. The minimum Gasteiger partial charge on any atom is -0.480 e. The zero-order chi connectivity index (χ0) is 15.4. The Labute approximate surface area is 124 Å². The van der Waals surface area contributed by atoms with Gasteiger partial charge in [-0.3, -0.25) is 9.69 Å². The van der Waals surface area contributed by atoms with Gasteiger partial charge in [0.2, 0.25) is 0 Å². The molecular formula is C15H21N3O3. The van der Waals surface area contributed by atoms with Crippen LogP contribution in [-0.2, 0) is 4.79 Å². The Bertz CT molecular complexity index is 504. The van der Waals surface area contributed by atoms with Gasteiger partial charge < -0.3 is 14.9 Å². The highest BCUT2D eigenvalue weighted by Crippen LogP contribution is 2.19. The summed E-state index contributed by atoms with van der Waals surface area (Å²) < 4.78 is 0. The normalized spacial score (nSPS) is 18.0. The van der Waals surface area contributed by atoms with Crippen molar-refractivity contribution in [2.75, 3.05) is 38.6 Å². The molecule has 1 aromatic carbocycles. The molecule has 21 heavy (non-hydrogen) atoms. The van der Waals surface area contributed by atoms with E-state index in [9.17, 15) is 9.59 Å². The second-order valence-corrected chi connectivity index (χ2v) is 5.45. The maximum absolute atomic E-state index is 12.6. The first-order valence-corrected chi connectivity index (χ1v) is 6.98. The number of carbonyl (C=O) groups is 2. The summed E-state index contributed by atoms with van der Waals surface area (Å²) in [4.78, 5) is 28.8. The Morgan fingerprint density at radius 1 is 1.29 bits per heavy atom. The number of amides is 2. The number of carbonyl (C=O) groups excluding carboxylic acids is 1. The van der Waals surface area contributed by atoms with E-state index in [-0.39, 0.29) is 12.6 Å². The molecule has 1 unspecified atom stereocenters. The fourth-order valence-electron chi connectivity index (χ4n) is 2.52. The van der Waals surface area contributed by atoms with Gasteiger partial charge in [0.15, 0.2) is 0 Å². The summed E-state index contributed by atoms with van der Waals surface area (Å²) in [5.41, 5.74) is 0.609. The lowest BCUT2D eigenvalue weighted by Crippen LogP contribution is -2.45. The average molecular weight is 291 g/mol. The van der Waals surface area contributed by atoms with Crippen LogP contribution < -0.4 is 4.90 Å². The van der Waals surface area contributed by atoms with Crippen molar-refractivity contribution in [2.45, 2.75) is 12.5 Å². The van der Waals surface area contributed by atoms with Crippen molar-refractivity contribution in [3.05, 3.63) is 30.3 Å². The molecule has 0 aliphatic carbocycles. The van der Waals surface area contributed by atoms with Crippen molar-refractivity contribution in [1.29, 1.82) is 0 Å². The summed E-state index contributed by atoms with van der Waals surface area (Å²) in [6.07, 6.45) is 0.911. The minimum atomic E-state index is -1.02. The highest BCUT2D eigenvalue weighted by Gasteiger charge is 2.31. The number of likely N-dealkylation sites (tertiary alicyclic amines) is 1. The number of hydrogen-bond acceptors (Lipinski definition) is 3. The number of aliphatic carboxylic acids is 1. The molecule has 2 amide bonds. The number of anilines is 1. The number of likely N-dealkylation sites (N-methyl/N-ethyl adjacent to an activating group) is 1. The van der Waals surface area contributed by atoms with E-state index in [1.165, 1.54) is 4.90 Å². The molecule has 6 heteroatoms. The van der Waals surface area contributed by atoms with Crippen LogP contribution in [0.3, 0.4) is 0 Å². The van der Waals surface area contributed by atoms with Crippen molar-refractivity contribution in [2.24, 2.45) is 0 Å². The number of nitrogens with zero attached hydrogens (tertiary/aromatic N) is 3. The van der Waals surface area contributed by atoms with E-state index in [0.29, 0.717) is 24.8 Å². The number of rotatable bonds is 4. The molecule has 1 heterocycles. The van der Waals surface area contributed by atoms with Gasteiger partial charge >= 0.3 is 12.0 Å². The van der Waals surface area contributed by atoms with E-state index in [2.05, 4.69) is 4.90 Å². The first-order chi connectivity index (χ1) is 9.99. The maximum atomic E-state index is 12.6. The predicted octanol–water partition coefficient (Wildman–Crippen LogP) is 1.33. The van der Waals surface area contributed by atoms with Gasteiger partial charge in [0.05, 0.1) is 0 Å². The van der Waals surface area contributed by atoms with Gasteiger partial charge in [0, 0.05) is 24.8 Å². The highest BCUT2D eigenvalue weighted by atomic mass is 16.4. The lowest BCUT2D eigenvalue weighted by Gasteiger charge is -2.27. The summed E-state index contributed by atoms with van der Waals surface area (Å²) in [5, 5.41) is 9.06. The number of carboxylic acid groups (broad SMARTS) is 1. The zero-order valence-electron chi connectivity index (χ0n) is 12.4. The van der Waals surface area contributed by atoms with Gasteiger partial charge in [-0.15, -0.1) is 0 Å². The Kier molecular flexibility index (Phi) is 4.80. The molecule has 1 aliphatic heterocycles. The quantitative estimate of drug-likeness (QED) is 0.909. The van der Waals surface area contributed by atoms with Crippen LogP contribution in [0.25, 0.3) is 0 Å². The smallest absolute Gasteiger partial charge is 0.325 e. The van der Waals surface area contributed by atoms with Crippen LogP contribution in [0.15, 0.2) is 30.3 Å². The average Bonchev–Trinajstić information content (AvgIpc) is 2.95. The van der Waals surface area contributed by atoms with Crippen LogP contribution in [0.4, 0.5) is 10.5 Å². The van der Waals surface area contributed by atoms with Crippen LogP contribution in [0.1, 0.15) is 6.42 Å². The van der Waals surface area contributed by atoms with Crippen molar-refractivity contribution >= 4 is 17.7 Å². The molecule has 0 bridgehead atoms. The van der Waals surface area contributed by atoms with Crippen molar-refractivity contribution in [3.8, 4) is 0 Å². The van der Waals surface area contributed by atoms with Crippen LogP contribution in [0.5, 0.6) is 0 Å². The Balaban J connectivity index is 2.14. The molecule has 1 saturated heterocycles. The monoisotopic (exact) mass is 291 g/mol. The molecule has 1 atom stereocenters. The molecule has 0 spiro atoms. The molecule has 0 aromatic heterocycles. The molecule has 114 valence electrons. The lowest BCUT2D eigenvalue weighted by molar-refractivity contribution is -0.135. The molecule has 1 aliphatic rings. The standard InChI is InChI=1S/C15H21N3O3/c1-16(2)13-8-9-17(10-13)15(21)18(11-14(19)20)12-6-4-3-5-7-12/h3-7,13H,8-11H2,1-2H3,(H,19,20). The van der Waals surface area contributed by atoms with Crippen molar-refractivity contribution in [3.63, 3.8) is 0 Å². The van der Waals surface area contributed by atoms with Crippen molar-refractivity contribution in [1.82, 2.24) is 9.80 Å². The Morgan fingerprint density at radius 2 is 1.95 bits per heavy atom.